The Labute approximate surface area is 153 Å². The van der Waals surface area contributed by atoms with Gasteiger partial charge in [0.2, 0.25) is 0 Å². The van der Waals surface area contributed by atoms with Crippen molar-refractivity contribution in [3.8, 4) is 0 Å². The van der Waals surface area contributed by atoms with Crippen molar-refractivity contribution in [3.63, 3.8) is 0 Å². The summed E-state index contributed by atoms with van der Waals surface area (Å²) in [5.41, 5.74) is 1.58. The zero-order valence-electron chi connectivity index (χ0n) is 15.3. The number of carbonyl (C=O) groups excluding carboxylic acids is 1. The van der Waals surface area contributed by atoms with Crippen LogP contribution in [-0.2, 0) is 19.0 Å². The van der Waals surface area contributed by atoms with E-state index in [2.05, 4.69) is 25.2 Å². The largest absolute Gasteiger partial charge is 0.410 e. The Balaban J connectivity index is 1.64. The number of halogens is 2. The van der Waals surface area contributed by atoms with E-state index >= 15 is 0 Å². The number of allylic oxidation sites excluding steroid dienone is 4. The molecule has 1 aliphatic carbocycles. The van der Waals surface area contributed by atoms with Crippen LogP contribution in [0.15, 0.2) is 36.0 Å². The molecule has 0 amide bonds. The van der Waals surface area contributed by atoms with E-state index < -0.39 is 18.5 Å². The summed E-state index contributed by atoms with van der Waals surface area (Å²) < 4.78 is 39.5. The summed E-state index contributed by atoms with van der Waals surface area (Å²) in [6, 6.07) is 0. The maximum atomic E-state index is 11.9. The Kier molecular flexibility index (Phi) is 8.98. The quantitative estimate of drug-likeness (QED) is 0.439. The minimum atomic E-state index is -1.80. The summed E-state index contributed by atoms with van der Waals surface area (Å²) in [7, 11) is 0. The fourth-order valence-corrected chi connectivity index (χ4v) is 3.09. The molecule has 0 bridgehead atoms. The molecule has 26 heavy (non-hydrogen) atoms. The molecule has 2 aliphatic rings. The first-order valence-electron chi connectivity index (χ1n) is 9.37. The molecular formula is C20H28F2O4. The highest BCUT2D eigenvalue weighted by Gasteiger charge is 2.24. The molecular weight excluding hydrogens is 342 g/mol. The zero-order valence-corrected chi connectivity index (χ0v) is 15.3. The standard InChI is InChI=1S/C20H28F2O4/c1-2-4-15-7-9-16(10-8-15)11-12-17-13-24-20(25-14-17)26-19(23)6-3-5-18(21)22/h5,7,11-12,16-17,20H,2-4,6,8-10,13-14H2,1H3/b12-11+. The summed E-state index contributed by atoms with van der Waals surface area (Å²) in [5, 5.41) is 0. The highest BCUT2D eigenvalue weighted by atomic mass is 19.3. The first kappa shape index (κ1) is 20.8. The lowest BCUT2D eigenvalue weighted by Gasteiger charge is -2.27. The second-order valence-electron chi connectivity index (χ2n) is 6.77. The fraction of sp³-hybridized carbons (Fsp3) is 0.650. The zero-order chi connectivity index (χ0) is 18.8. The predicted octanol–water partition coefficient (Wildman–Crippen LogP) is 5.12. The van der Waals surface area contributed by atoms with Gasteiger partial charge < -0.3 is 14.2 Å². The molecule has 0 aromatic carbocycles. The molecule has 1 saturated heterocycles. The Bertz CT molecular complexity index is 530. The van der Waals surface area contributed by atoms with Crippen molar-refractivity contribution in [2.45, 2.75) is 58.3 Å². The Morgan fingerprint density at radius 2 is 2.00 bits per heavy atom. The van der Waals surface area contributed by atoms with Gasteiger partial charge in [0.25, 0.3) is 6.08 Å². The number of carbonyl (C=O) groups is 1. The van der Waals surface area contributed by atoms with Crippen molar-refractivity contribution < 1.29 is 27.8 Å². The van der Waals surface area contributed by atoms with Gasteiger partial charge in [-0.05, 0) is 44.1 Å². The number of hydrogen-bond acceptors (Lipinski definition) is 4. The maximum Gasteiger partial charge on any atom is 0.318 e. The first-order valence-corrected chi connectivity index (χ1v) is 9.37. The van der Waals surface area contributed by atoms with Crippen molar-refractivity contribution in [2.75, 3.05) is 13.2 Å². The molecule has 0 radical (unpaired) electrons. The monoisotopic (exact) mass is 370 g/mol. The lowest BCUT2D eigenvalue weighted by atomic mass is 9.87. The number of ether oxygens (including phenoxy) is 3. The SMILES string of the molecule is CCCC1=CCC(/C=C/C2COC(OC(=O)CCC=C(F)F)OC2)CC1. The second kappa shape index (κ2) is 11.2. The van der Waals surface area contributed by atoms with Crippen molar-refractivity contribution in [2.24, 2.45) is 11.8 Å². The second-order valence-corrected chi connectivity index (χ2v) is 6.77. The molecule has 0 spiro atoms. The molecule has 0 aromatic rings. The van der Waals surface area contributed by atoms with Crippen LogP contribution >= 0.6 is 0 Å². The third-order valence-electron chi connectivity index (χ3n) is 4.54. The topological polar surface area (TPSA) is 44.8 Å². The molecule has 0 aromatic heterocycles. The average Bonchev–Trinajstić information content (AvgIpc) is 2.62. The van der Waals surface area contributed by atoms with E-state index in [1.54, 1.807) is 5.57 Å². The molecule has 4 nitrogen and oxygen atoms in total. The summed E-state index contributed by atoms with van der Waals surface area (Å²) in [6.45, 7) is 2.00. The molecule has 1 unspecified atom stereocenters. The van der Waals surface area contributed by atoms with Gasteiger partial charge in [0, 0.05) is 12.3 Å². The molecule has 6 heteroatoms. The van der Waals surface area contributed by atoms with E-state index in [4.69, 9.17) is 14.2 Å². The van der Waals surface area contributed by atoms with Crippen LogP contribution in [0, 0.1) is 11.8 Å². The summed E-state index contributed by atoms with van der Waals surface area (Å²) >= 11 is 0. The van der Waals surface area contributed by atoms with Crippen molar-refractivity contribution >= 4 is 5.97 Å². The molecule has 0 saturated carbocycles. The minimum absolute atomic E-state index is 0.0605. The normalized spacial score (nSPS) is 26.4. The minimum Gasteiger partial charge on any atom is -0.410 e. The molecule has 0 N–H and O–H groups in total. The third-order valence-corrected chi connectivity index (χ3v) is 4.54. The van der Waals surface area contributed by atoms with Gasteiger partial charge in [0.05, 0.1) is 13.2 Å². The lowest BCUT2D eigenvalue weighted by Crippen LogP contribution is -2.34. The van der Waals surface area contributed by atoms with Crippen LogP contribution in [0.3, 0.4) is 0 Å². The molecule has 146 valence electrons. The third kappa shape index (κ3) is 7.79. The number of rotatable bonds is 8. The van der Waals surface area contributed by atoms with Gasteiger partial charge >= 0.3 is 12.4 Å². The van der Waals surface area contributed by atoms with Crippen LogP contribution in [0.1, 0.15) is 51.9 Å². The number of hydrogen-bond donors (Lipinski definition) is 0. The molecule has 2 rings (SSSR count). The summed E-state index contributed by atoms with van der Waals surface area (Å²) in [4.78, 5) is 11.5. The van der Waals surface area contributed by atoms with Crippen LogP contribution in [0.2, 0.25) is 0 Å². The maximum absolute atomic E-state index is 11.9. The van der Waals surface area contributed by atoms with Gasteiger partial charge in [0.15, 0.2) is 0 Å². The van der Waals surface area contributed by atoms with E-state index in [0.29, 0.717) is 25.2 Å². The van der Waals surface area contributed by atoms with Crippen molar-refractivity contribution in [1.82, 2.24) is 0 Å². The van der Waals surface area contributed by atoms with Crippen LogP contribution < -0.4 is 0 Å². The Morgan fingerprint density at radius 1 is 1.27 bits per heavy atom. The first-order chi connectivity index (χ1) is 12.6. The fourth-order valence-electron chi connectivity index (χ4n) is 3.09. The Hall–Kier alpha value is -1.53. The summed E-state index contributed by atoms with van der Waals surface area (Å²) in [5.74, 6) is 0.0861. The molecule has 1 fully saturated rings. The van der Waals surface area contributed by atoms with Gasteiger partial charge in [0.1, 0.15) is 0 Å². The van der Waals surface area contributed by atoms with Crippen LogP contribution in [-0.4, -0.2) is 25.7 Å². The van der Waals surface area contributed by atoms with Gasteiger partial charge in [-0.25, -0.2) is 0 Å². The number of esters is 1. The van der Waals surface area contributed by atoms with E-state index in [-0.39, 0.29) is 18.8 Å². The van der Waals surface area contributed by atoms with Gasteiger partial charge in [-0.15, -0.1) is 0 Å². The average molecular weight is 370 g/mol. The van der Waals surface area contributed by atoms with Gasteiger partial charge in [-0.3, -0.25) is 4.79 Å². The molecule has 1 heterocycles. The summed E-state index contributed by atoms with van der Waals surface area (Å²) in [6.07, 6.45) is 11.3. The predicted molar refractivity (Wildman–Crippen MR) is 94.3 cm³/mol. The van der Waals surface area contributed by atoms with E-state index in [0.717, 1.165) is 6.42 Å². The van der Waals surface area contributed by atoms with E-state index in [1.807, 2.05) is 0 Å². The molecule has 1 aliphatic heterocycles. The Morgan fingerprint density at radius 3 is 2.62 bits per heavy atom. The van der Waals surface area contributed by atoms with Crippen LogP contribution in [0.5, 0.6) is 0 Å². The van der Waals surface area contributed by atoms with Crippen molar-refractivity contribution in [1.29, 1.82) is 0 Å². The van der Waals surface area contributed by atoms with Gasteiger partial charge in [-0.1, -0.05) is 37.1 Å². The molecule has 1 atom stereocenters. The lowest BCUT2D eigenvalue weighted by molar-refractivity contribution is -0.304. The smallest absolute Gasteiger partial charge is 0.318 e. The van der Waals surface area contributed by atoms with Crippen molar-refractivity contribution in [3.05, 3.63) is 36.0 Å². The van der Waals surface area contributed by atoms with Crippen LogP contribution in [0.4, 0.5) is 8.78 Å². The highest BCUT2D eigenvalue weighted by molar-refractivity contribution is 5.69. The highest BCUT2D eigenvalue weighted by Crippen LogP contribution is 2.27. The van der Waals surface area contributed by atoms with E-state index in [9.17, 15) is 13.6 Å². The van der Waals surface area contributed by atoms with Crippen LogP contribution in [0.25, 0.3) is 0 Å². The van der Waals surface area contributed by atoms with Gasteiger partial charge in [-0.2, -0.15) is 8.78 Å². The van der Waals surface area contributed by atoms with E-state index in [1.165, 1.54) is 25.7 Å².